The Morgan fingerprint density at radius 3 is 2.10 bits per heavy atom. The summed E-state index contributed by atoms with van der Waals surface area (Å²) in [5.74, 6) is 2.47. The first-order valence-corrected chi connectivity index (χ1v) is 3.15. The van der Waals surface area contributed by atoms with Gasteiger partial charge in [0, 0.05) is 5.57 Å². The molecule has 0 radical (unpaired) electrons. The van der Waals surface area contributed by atoms with E-state index in [0.29, 0.717) is 0 Å². The molecular formula is C9H12O. The van der Waals surface area contributed by atoms with E-state index in [1.165, 1.54) is 6.08 Å². The maximum Gasteiger partial charge on any atom is 0.143 e. The van der Waals surface area contributed by atoms with Gasteiger partial charge >= 0.3 is 0 Å². The average Bonchev–Trinajstić information content (AvgIpc) is 1.80. The lowest BCUT2D eigenvalue weighted by atomic mass is 9.87. The summed E-state index contributed by atoms with van der Waals surface area (Å²) in [4.78, 5) is 10.0. The van der Waals surface area contributed by atoms with Crippen LogP contribution in [0.1, 0.15) is 20.8 Å². The van der Waals surface area contributed by atoms with Crippen LogP contribution in [0.15, 0.2) is 11.6 Å². The van der Waals surface area contributed by atoms with E-state index in [1.54, 1.807) is 0 Å². The number of aldehydes is 1. The van der Waals surface area contributed by atoms with Crippen LogP contribution in [0.25, 0.3) is 0 Å². The second-order valence-corrected chi connectivity index (χ2v) is 3.11. The van der Waals surface area contributed by atoms with Crippen LogP contribution in [-0.2, 0) is 4.79 Å². The van der Waals surface area contributed by atoms with E-state index in [9.17, 15) is 4.79 Å². The van der Waals surface area contributed by atoms with Gasteiger partial charge in [-0.15, -0.1) is 6.42 Å². The van der Waals surface area contributed by atoms with E-state index in [-0.39, 0.29) is 5.41 Å². The van der Waals surface area contributed by atoms with E-state index >= 15 is 0 Å². The smallest absolute Gasteiger partial charge is 0.143 e. The number of hydrogen-bond acceptors (Lipinski definition) is 1. The fourth-order valence-electron chi connectivity index (χ4n) is 0.583. The predicted octanol–water partition coefficient (Wildman–Crippen LogP) is 1.79. The van der Waals surface area contributed by atoms with Crippen molar-refractivity contribution < 1.29 is 4.79 Å². The summed E-state index contributed by atoms with van der Waals surface area (Å²) in [6, 6.07) is 0. The third-order valence-electron chi connectivity index (χ3n) is 1.20. The van der Waals surface area contributed by atoms with Crippen molar-refractivity contribution in [3.05, 3.63) is 11.6 Å². The topological polar surface area (TPSA) is 17.1 Å². The van der Waals surface area contributed by atoms with Crippen LogP contribution in [0.5, 0.6) is 0 Å². The third kappa shape index (κ3) is 2.50. The van der Waals surface area contributed by atoms with Gasteiger partial charge in [-0.3, -0.25) is 4.79 Å². The highest BCUT2D eigenvalue weighted by atomic mass is 16.1. The van der Waals surface area contributed by atoms with E-state index < -0.39 is 0 Å². The van der Waals surface area contributed by atoms with Crippen LogP contribution in [0.4, 0.5) is 0 Å². The number of carbonyl (C=O) groups is 1. The largest absolute Gasteiger partial charge is 0.299 e. The Morgan fingerprint density at radius 1 is 1.50 bits per heavy atom. The predicted molar refractivity (Wildman–Crippen MR) is 42.4 cm³/mol. The Labute approximate surface area is 62.1 Å². The van der Waals surface area contributed by atoms with Gasteiger partial charge < -0.3 is 0 Å². The third-order valence-corrected chi connectivity index (χ3v) is 1.20. The summed E-state index contributed by atoms with van der Waals surface area (Å²) in [6.07, 6.45) is 7.32. The van der Waals surface area contributed by atoms with Gasteiger partial charge in [0.25, 0.3) is 0 Å². The summed E-state index contributed by atoms with van der Waals surface area (Å²) in [6.45, 7) is 5.92. The zero-order valence-corrected chi connectivity index (χ0v) is 6.64. The van der Waals surface area contributed by atoms with Crippen molar-refractivity contribution in [1.82, 2.24) is 0 Å². The Morgan fingerprint density at radius 2 is 2.00 bits per heavy atom. The van der Waals surface area contributed by atoms with Gasteiger partial charge in [-0.2, -0.15) is 0 Å². The zero-order valence-electron chi connectivity index (χ0n) is 6.64. The van der Waals surface area contributed by atoms with Crippen LogP contribution in [0.2, 0.25) is 0 Å². The normalized spacial score (nSPS) is 12.4. The molecule has 1 nitrogen and oxygen atoms in total. The maximum absolute atomic E-state index is 10.0. The number of rotatable bonds is 1. The standard InChI is InChI=1S/C9H12O/c1-5-8(6-7-10)9(2,3)4/h1,6-7H,2-4H3/b8-6+. The Hall–Kier alpha value is -1.03. The van der Waals surface area contributed by atoms with Crippen molar-refractivity contribution in [2.24, 2.45) is 5.41 Å². The minimum atomic E-state index is -0.0876. The molecule has 0 aliphatic carbocycles. The highest BCUT2D eigenvalue weighted by Gasteiger charge is 2.13. The quantitative estimate of drug-likeness (QED) is 0.305. The molecule has 0 atom stereocenters. The van der Waals surface area contributed by atoms with Crippen molar-refractivity contribution >= 4 is 6.29 Å². The summed E-state index contributed by atoms with van der Waals surface area (Å²) in [7, 11) is 0. The van der Waals surface area contributed by atoms with Gasteiger partial charge in [0.15, 0.2) is 0 Å². The van der Waals surface area contributed by atoms with E-state index in [1.807, 2.05) is 20.8 Å². The average molecular weight is 136 g/mol. The molecule has 0 heterocycles. The second kappa shape index (κ2) is 3.22. The fraction of sp³-hybridized carbons (Fsp3) is 0.444. The van der Waals surface area contributed by atoms with E-state index in [2.05, 4.69) is 5.92 Å². The molecule has 0 spiro atoms. The molecule has 0 amide bonds. The molecule has 0 aromatic carbocycles. The minimum absolute atomic E-state index is 0.0876. The minimum Gasteiger partial charge on any atom is -0.299 e. The summed E-state index contributed by atoms with van der Waals surface area (Å²) >= 11 is 0. The molecule has 0 aliphatic heterocycles. The molecule has 0 aromatic rings. The van der Waals surface area contributed by atoms with Crippen LogP contribution in [0, 0.1) is 17.8 Å². The first kappa shape index (κ1) is 8.97. The van der Waals surface area contributed by atoms with Crippen LogP contribution in [-0.4, -0.2) is 6.29 Å². The number of hydrogen-bond donors (Lipinski definition) is 0. The van der Waals surface area contributed by atoms with Crippen molar-refractivity contribution in [1.29, 1.82) is 0 Å². The lowest BCUT2D eigenvalue weighted by molar-refractivity contribution is -0.104. The summed E-state index contributed by atoms with van der Waals surface area (Å²) in [5, 5.41) is 0. The second-order valence-electron chi connectivity index (χ2n) is 3.11. The molecule has 0 saturated carbocycles. The van der Waals surface area contributed by atoms with Gasteiger partial charge in [0.2, 0.25) is 0 Å². The number of carbonyl (C=O) groups excluding carboxylic acids is 1. The van der Waals surface area contributed by atoms with Crippen molar-refractivity contribution in [3.63, 3.8) is 0 Å². The summed E-state index contributed by atoms with van der Waals surface area (Å²) < 4.78 is 0. The molecule has 0 rings (SSSR count). The highest BCUT2D eigenvalue weighted by Crippen LogP contribution is 2.23. The molecule has 0 N–H and O–H groups in total. The molecule has 0 fully saturated rings. The fourth-order valence-corrected chi connectivity index (χ4v) is 0.583. The van der Waals surface area contributed by atoms with Gasteiger partial charge in [-0.05, 0) is 11.5 Å². The van der Waals surface area contributed by atoms with E-state index in [4.69, 9.17) is 6.42 Å². The van der Waals surface area contributed by atoms with Crippen molar-refractivity contribution in [2.45, 2.75) is 20.8 Å². The molecule has 1 heteroatoms. The molecule has 10 heavy (non-hydrogen) atoms. The summed E-state index contributed by atoms with van der Waals surface area (Å²) in [5.41, 5.74) is 0.651. The van der Waals surface area contributed by atoms with Crippen molar-refractivity contribution in [3.8, 4) is 12.3 Å². The Balaban J connectivity index is 4.57. The molecular weight excluding hydrogens is 124 g/mol. The van der Waals surface area contributed by atoms with Crippen LogP contribution in [0.3, 0.4) is 0 Å². The molecule has 0 unspecified atom stereocenters. The Bertz CT molecular complexity index is 186. The molecule has 0 saturated heterocycles. The van der Waals surface area contributed by atoms with Crippen LogP contribution < -0.4 is 0 Å². The molecule has 0 aromatic heterocycles. The SMILES string of the molecule is C#C/C(=C\C=O)C(C)(C)C. The zero-order chi connectivity index (χ0) is 8.20. The highest BCUT2D eigenvalue weighted by molar-refractivity contribution is 5.68. The number of terminal acetylenes is 1. The van der Waals surface area contributed by atoms with Gasteiger partial charge in [0.05, 0.1) is 0 Å². The molecule has 0 bridgehead atoms. The monoisotopic (exact) mass is 136 g/mol. The lowest BCUT2D eigenvalue weighted by Crippen LogP contribution is -2.07. The first-order valence-electron chi connectivity index (χ1n) is 3.15. The molecule has 54 valence electrons. The first-order chi connectivity index (χ1) is 4.52. The lowest BCUT2D eigenvalue weighted by Gasteiger charge is -2.16. The van der Waals surface area contributed by atoms with Gasteiger partial charge in [-0.1, -0.05) is 26.7 Å². The van der Waals surface area contributed by atoms with Gasteiger partial charge in [0.1, 0.15) is 6.29 Å². The van der Waals surface area contributed by atoms with E-state index in [0.717, 1.165) is 11.9 Å². The Kier molecular flexibility index (Phi) is 2.89. The van der Waals surface area contributed by atoms with Crippen LogP contribution >= 0.6 is 0 Å². The van der Waals surface area contributed by atoms with Gasteiger partial charge in [-0.25, -0.2) is 0 Å². The maximum atomic E-state index is 10.0. The number of allylic oxidation sites excluding steroid dienone is 2. The van der Waals surface area contributed by atoms with Crippen molar-refractivity contribution in [2.75, 3.05) is 0 Å². The molecule has 0 aliphatic rings.